The molecular weight excluding hydrogens is 494 g/mol. The van der Waals surface area contributed by atoms with E-state index in [4.69, 9.17) is 5.26 Å². The number of halogens is 2. The van der Waals surface area contributed by atoms with Crippen molar-refractivity contribution < 1.29 is 0 Å². The standard InChI is InChI=1S/C13H16N6.2HI/c1-9-12(10(2)18-17-9)11-5-16-19(6-11)13(3-4-14)7-15-8-13;;/h5-6,15H,3,7-8H2,1-2H3,(H,17,18);2*1H. The van der Waals surface area contributed by atoms with Gasteiger partial charge < -0.3 is 5.32 Å². The summed E-state index contributed by atoms with van der Waals surface area (Å²) >= 11 is 0. The Labute approximate surface area is 157 Å². The van der Waals surface area contributed by atoms with E-state index in [1.54, 1.807) is 0 Å². The van der Waals surface area contributed by atoms with Gasteiger partial charge in [0.15, 0.2) is 0 Å². The lowest BCUT2D eigenvalue weighted by molar-refractivity contribution is 0.160. The van der Waals surface area contributed by atoms with Crippen LogP contribution in [0.2, 0.25) is 0 Å². The highest BCUT2D eigenvalue weighted by atomic mass is 127. The van der Waals surface area contributed by atoms with E-state index in [2.05, 4.69) is 26.7 Å². The van der Waals surface area contributed by atoms with Gasteiger partial charge in [0.25, 0.3) is 0 Å². The summed E-state index contributed by atoms with van der Waals surface area (Å²) < 4.78 is 1.92. The monoisotopic (exact) mass is 512 g/mol. The Morgan fingerprint density at radius 2 is 2.10 bits per heavy atom. The summed E-state index contributed by atoms with van der Waals surface area (Å²) in [5.74, 6) is 0. The number of aromatic nitrogens is 4. The number of hydrogen-bond acceptors (Lipinski definition) is 4. The molecule has 0 amide bonds. The van der Waals surface area contributed by atoms with Crippen LogP contribution in [0.5, 0.6) is 0 Å². The highest BCUT2D eigenvalue weighted by molar-refractivity contribution is 14.0. The molecule has 0 spiro atoms. The van der Waals surface area contributed by atoms with E-state index in [0.717, 1.165) is 35.6 Å². The molecule has 8 heteroatoms. The Bertz CT molecular complexity index is 630. The van der Waals surface area contributed by atoms with Crippen LogP contribution >= 0.6 is 48.0 Å². The Balaban J connectivity index is 0.00000110. The van der Waals surface area contributed by atoms with Crippen LogP contribution in [0.15, 0.2) is 12.4 Å². The van der Waals surface area contributed by atoms with Gasteiger partial charge in [-0.3, -0.25) is 9.78 Å². The van der Waals surface area contributed by atoms with Crippen LogP contribution in [0.25, 0.3) is 11.1 Å². The Kier molecular flexibility index (Phi) is 6.18. The predicted octanol–water partition coefficient (Wildman–Crippen LogP) is 2.34. The molecule has 6 nitrogen and oxygen atoms in total. The highest BCUT2D eigenvalue weighted by Crippen LogP contribution is 2.29. The Morgan fingerprint density at radius 3 is 2.57 bits per heavy atom. The molecule has 0 atom stereocenters. The van der Waals surface area contributed by atoms with Gasteiger partial charge in [-0.2, -0.15) is 15.5 Å². The number of aryl methyl sites for hydroxylation is 2. The molecule has 0 aliphatic carbocycles. The van der Waals surface area contributed by atoms with E-state index in [0.29, 0.717) is 6.42 Å². The zero-order chi connectivity index (χ0) is 13.5. The van der Waals surface area contributed by atoms with Gasteiger partial charge in [0, 0.05) is 36.1 Å². The van der Waals surface area contributed by atoms with Crippen LogP contribution in [0.3, 0.4) is 0 Å². The minimum Gasteiger partial charge on any atom is -0.312 e. The fraction of sp³-hybridized carbons (Fsp3) is 0.462. The second-order valence-electron chi connectivity index (χ2n) is 5.15. The highest BCUT2D eigenvalue weighted by Gasteiger charge is 2.39. The summed E-state index contributed by atoms with van der Waals surface area (Å²) in [5.41, 5.74) is 3.98. The average molecular weight is 512 g/mol. The van der Waals surface area contributed by atoms with E-state index in [-0.39, 0.29) is 53.5 Å². The molecule has 2 aromatic heterocycles. The van der Waals surface area contributed by atoms with Crippen molar-refractivity contribution in [2.75, 3.05) is 13.1 Å². The molecule has 0 saturated carbocycles. The SMILES string of the molecule is Cc1n[nH]c(C)c1-c1cnn(C2(CC#N)CNC2)c1.I.I. The van der Waals surface area contributed by atoms with E-state index in [1.807, 2.05) is 30.9 Å². The molecule has 3 heterocycles. The minimum atomic E-state index is -0.182. The fourth-order valence-electron chi connectivity index (χ4n) is 2.62. The van der Waals surface area contributed by atoms with Crippen LogP contribution in [-0.2, 0) is 5.54 Å². The molecular formula is C13H18I2N6. The third-order valence-corrected chi connectivity index (χ3v) is 3.80. The van der Waals surface area contributed by atoms with Gasteiger partial charge in [0.2, 0.25) is 0 Å². The lowest BCUT2D eigenvalue weighted by atomic mass is 9.89. The summed E-state index contributed by atoms with van der Waals surface area (Å²) in [6.07, 6.45) is 4.34. The van der Waals surface area contributed by atoms with Gasteiger partial charge >= 0.3 is 0 Å². The number of aromatic amines is 1. The molecule has 3 rings (SSSR count). The molecule has 2 aromatic rings. The molecule has 0 aromatic carbocycles. The smallest absolute Gasteiger partial charge is 0.100 e. The van der Waals surface area contributed by atoms with Gasteiger partial charge in [-0.1, -0.05) is 0 Å². The van der Waals surface area contributed by atoms with Crippen molar-refractivity contribution in [1.82, 2.24) is 25.3 Å². The molecule has 1 saturated heterocycles. The average Bonchev–Trinajstić information content (AvgIpc) is 2.91. The van der Waals surface area contributed by atoms with Crippen LogP contribution < -0.4 is 5.32 Å². The molecule has 1 fully saturated rings. The number of rotatable bonds is 3. The number of hydrogen-bond donors (Lipinski definition) is 2. The first-order valence-electron chi connectivity index (χ1n) is 6.31. The quantitative estimate of drug-likeness (QED) is 0.620. The molecule has 1 aliphatic heterocycles. The van der Waals surface area contributed by atoms with Crippen molar-refractivity contribution in [1.29, 1.82) is 5.26 Å². The van der Waals surface area contributed by atoms with Crippen molar-refractivity contribution in [3.8, 4) is 17.2 Å². The van der Waals surface area contributed by atoms with Crippen LogP contribution in [0.4, 0.5) is 0 Å². The lowest BCUT2D eigenvalue weighted by Gasteiger charge is -2.41. The number of nitriles is 1. The van der Waals surface area contributed by atoms with Gasteiger partial charge in [0.1, 0.15) is 5.54 Å². The topological polar surface area (TPSA) is 82.3 Å². The maximum Gasteiger partial charge on any atom is 0.100 e. The van der Waals surface area contributed by atoms with Crippen LogP contribution in [-0.4, -0.2) is 33.1 Å². The summed E-state index contributed by atoms with van der Waals surface area (Å²) in [4.78, 5) is 0. The maximum absolute atomic E-state index is 8.97. The second-order valence-corrected chi connectivity index (χ2v) is 5.15. The third-order valence-electron chi connectivity index (χ3n) is 3.80. The van der Waals surface area contributed by atoms with Gasteiger partial charge in [0.05, 0.1) is 24.4 Å². The fourth-order valence-corrected chi connectivity index (χ4v) is 2.62. The largest absolute Gasteiger partial charge is 0.312 e. The molecule has 0 unspecified atom stereocenters. The van der Waals surface area contributed by atoms with E-state index >= 15 is 0 Å². The molecule has 1 aliphatic rings. The molecule has 0 radical (unpaired) electrons. The van der Waals surface area contributed by atoms with Crippen molar-refractivity contribution in [3.05, 3.63) is 23.8 Å². The zero-order valence-electron chi connectivity index (χ0n) is 11.9. The zero-order valence-corrected chi connectivity index (χ0v) is 16.5. The number of H-pyrrole nitrogens is 1. The van der Waals surface area contributed by atoms with Gasteiger partial charge in [-0.05, 0) is 13.8 Å². The van der Waals surface area contributed by atoms with E-state index in [9.17, 15) is 0 Å². The van der Waals surface area contributed by atoms with E-state index < -0.39 is 0 Å². The van der Waals surface area contributed by atoms with Crippen molar-refractivity contribution >= 4 is 48.0 Å². The minimum absolute atomic E-state index is 0. The van der Waals surface area contributed by atoms with Crippen molar-refractivity contribution in [2.24, 2.45) is 0 Å². The van der Waals surface area contributed by atoms with Gasteiger partial charge in [-0.15, -0.1) is 48.0 Å². The van der Waals surface area contributed by atoms with Crippen LogP contribution in [0.1, 0.15) is 17.8 Å². The first-order chi connectivity index (χ1) is 9.16. The normalized spacial score (nSPS) is 15.3. The number of nitrogens with one attached hydrogen (secondary N) is 2. The summed E-state index contributed by atoms with van der Waals surface area (Å²) in [7, 11) is 0. The van der Waals surface area contributed by atoms with Gasteiger partial charge in [-0.25, -0.2) is 0 Å². The van der Waals surface area contributed by atoms with Crippen molar-refractivity contribution in [3.63, 3.8) is 0 Å². The molecule has 114 valence electrons. The molecule has 21 heavy (non-hydrogen) atoms. The summed E-state index contributed by atoms with van der Waals surface area (Å²) in [6.45, 7) is 5.57. The second kappa shape index (κ2) is 7.06. The predicted molar refractivity (Wildman–Crippen MR) is 101 cm³/mol. The summed E-state index contributed by atoms with van der Waals surface area (Å²) in [6, 6.07) is 2.26. The first-order valence-corrected chi connectivity index (χ1v) is 6.31. The third kappa shape index (κ3) is 3.09. The maximum atomic E-state index is 8.97. The number of nitrogens with zero attached hydrogens (tertiary/aromatic N) is 4. The van der Waals surface area contributed by atoms with Crippen molar-refractivity contribution in [2.45, 2.75) is 25.8 Å². The molecule has 0 bridgehead atoms. The Morgan fingerprint density at radius 1 is 1.38 bits per heavy atom. The van der Waals surface area contributed by atoms with Crippen LogP contribution in [0, 0.1) is 25.2 Å². The molecule has 2 N–H and O–H groups in total. The lowest BCUT2D eigenvalue weighted by Crippen LogP contribution is -2.60. The Hall–Kier alpha value is -0.670. The van der Waals surface area contributed by atoms with E-state index in [1.165, 1.54) is 0 Å². The first kappa shape index (κ1) is 18.4. The summed E-state index contributed by atoms with van der Waals surface area (Å²) in [5, 5.41) is 23.8.